The maximum absolute atomic E-state index is 9.21. The molecule has 4 heterocycles. The Labute approximate surface area is 349 Å². The Bertz CT molecular complexity index is 4150. The Kier molecular flexibility index (Phi) is 4.26. The maximum atomic E-state index is 9.21. The van der Waals surface area contributed by atoms with Crippen molar-refractivity contribution in [2.24, 2.45) is 0 Å². The molecule has 57 heavy (non-hydrogen) atoms. The van der Waals surface area contributed by atoms with Gasteiger partial charge in [0.15, 0.2) is 5.82 Å². The first-order valence-electron chi connectivity index (χ1n) is 25.8. The van der Waals surface area contributed by atoms with Crippen molar-refractivity contribution in [1.82, 2.24) is 24.1 Å². The van der Waals surface area contributed by atoms with E-state index in [1.807, 2.05) is 72.8 Å². The van der Waals surface area contributed by atoms with E-state index in [4.69, 9.17) is 35.8 Å². The van der Waals surface area contributed by atoms with Gasteiger partial charge in [-0.25, -0.2) is 0 Å². The Morgan fingerprint density at radius 1 is 0.404 bits per heavy atom. The first-order valence-corrected chi connectivity index (χ1v) is 17.8. The normalized spacial score (nSPS) is 15.8. The molecule has 0 aliphatic carbocycles. The maximum Gasteiger partial charge on any atom is 0.240 e. The van der Waals surface area contributed by atoms with Crippen LogP contribution in [0.2, 0.25) is 0 Å². The molecule has 0 spiro atoms. The van der Waals surface area contributed by atoms with Crippen LogP contribution in [-0.2, 0) is 0 Å². The van der Waals surface area contributed by atoms with Crippen molar-refractivity contribution in [2.45, 2.75) is 0 Å². The molecule has 12 rings (SSSR count). The largest absolute Gasteiger partial charge is 0.456 e. The number of benzene rings is 8. The third kappa shape index (κ3) is 4.87. The Morgan fingerprint density at radius 3 is 1.44 bits per heavy atom. The summed E-state index contributed by atoms with van der Waals surface area (Å²) in [5.74, 6) is -1.10. The number of aromatic nitrogens is 5. The van der Waals surface area contributed by atoms with E-state index >= 15 is 0 Å². The van der Waals surface area contributed by atoms with Crippen molar-refractivity contribution < 1.29 is 26.3 Å². The molecular formula is C51H31N5O. The Balaban J connectivity index is 1.19. The third-order valence-electron chi connectivity index (χ3n) is 10.1. The number of hydrogen-bond donors (Lipinski definition) is 0. The number of nitrogens with zero attached hydrogens (tertiary/aromatic N) is 5. The van der Waals surface area contributed by atoms with Crippen LogP contribution in [0.15, 0.2) is 192 Å². The summed E-state index contributed by atoms with van der Waals surface area (Å²) >= 11 is 0. The van der Waals surface area contributed by atoms with E-state index in [0.29, 0.717) is 11.1 Å². The summed E-state index contributed by atoms with van der Waals surface area (Å²) < 4.78 is 151. The third-order valence-corrected chi connectivity index (χ3v) is 10.1. The van der Waals surface area contributed by atoms with E-state index in [2.05, 4.69) is 0 Å². The molecule has 0 unspecified atom stereocenters. The van der Waals surface area contributed by atoms with Gasteiger partial charge in [0.05, 0.1) is 44.0 Å². The quantitative estimate of drug-likeness (QED) is 0.176. The average Bonchev–Trinajstić information content (AvgIpc) is 4.10. The lowest BCUT2D eigenvalue weighted by Crippen LogP contribution is -2.10. The zero-order valence-electron chi connectivity index (χ0n) is 45.3. The smallest absolute Gasteiger partial charge is 0.240 e. The molecule has 0 aliphatic rings. The van der Waals surface area contributed by atoms with Gasteiger partial charge in [0.2, 0.25) is 11.9 Å². The molecular weight excluding hydrogens is 699 g/mol. The summed E-state index contributed by atoms with van der Waals surface area (Å²) in [5, 5.41) is 0.824. The zero-order valence-corrected chi connectivity index (χ0v) is 29.3. The van der Waals surface area contributed by atoms with Crippen LogP contribution in [0, 0.1) is 0 Å². The highest BCUT2D eigenvalue weighted by Gasteiger charge is 2.21. The summed E-state index contributed by atoms with van der Waals surface area (Å²) in [4.78, 5) is 14.5. The lowest BCUT2D eigenvalue weighted by atomic mass is 9.95. The fraction of sp³-hybridized carbons (Fsp3) is 0. The van der Waals surface area contributed by atoms with Crippen LogP contribution >= 0.6 is 0 Å². The molecule has 12 aromatic rings. The number of fused-ring (bicyclic) bond motifs is 9. The predicted molar refractivity (Wildman–Crippen MR) is 232 cm³/mol. The molecule has 0 aliphatic heterocycles. The second-order valence-electron chi connectivity index (χ2n) is 13.3. The second kappa shape index (κ2) is 12.3. The van der Waals surface area contributed by atoms with Gasteiger partial charge in [-0.1, -0.05) is 139 Å². The van der Waals surface area contributed by atoms with Crippen molar-refractivity contribution in [3.8, 4) is 45.5 Å². The Morgan fingerprint density at radius 2 is 0.860 bits per heavy atom. The number of furan rings is 1. The standard InChI is InChI=1S/C51H31N5O/c1-6-24-42-37(18-1)38-19-2-7-25-43(38)55(42)50-52-49(53-51(54-50)56-44-26-8-3-20-39(44)40-21-4-9-27-45(40)56)35-17-12-15-33(31-35)32-14-11-16-34(30-32)36-23-13-29-47-48(36)41-22-5-10-28-46(41)57-47/h1-31H/i1D,2D,3D,4D,6D,7D,8D,9D,18D,19D,20D,21D,24D,25D,26D,27D. The number of hydrogen-bond acceptors (Lipinski definition) is 4. The zero-order chi connectivity index (χ0) is 51.4. The van der Waals surface area contributed by atoms with Gasteiger partial charge in [0, 0.05) is 37.9 Å². The van der Waals surface area contributed by atoms with Gasteiger partial charge in [0.1, 0.15) is 11.2 Å². The topological polar surface area (TPSA) is 61.7 Å². The number of para-hydroxylation sites is 5. The molecule has 0 amide bonds. The van der Waals surface area contributed by atoms with Crippen LogP contribution in [-0.4, -0.2) is 24.1 Å². The van der Waals surface area contributed by atoms with Gasteiger partial charge in [-0.15, -0.1) is 0 Å². The van der Waals surface area contributed by atoms with E-state index < -0.39 is 109 Å². The molecule has 4 aromatic heterocycles. The lowest BCUT2D eigenvalue weighted by molar-refractivity contribution is 0.669. The fourth-order valence-corrected chi connectivity index (χ4v) is 7.64. The van der Waals surface area contributed by atoms with Crippen LogP contribution in [0.5, 0.6) is 0 Å². The highest BCUT2D eigenvalue weighted by molar-refractivity contribution is 6.13. The van der Waals surface area contributed by atoms with E-state index in [1.165, 1.54) is 0 Å². The minimum atomic E-state index is -0.701. The summed E-state index contributed by atoms with van der Waals surface area (Å²) in [6, 6.07) is 18.0. The molecule has 0 radical (unpaired) electrons. The predicted octanol–water partition coefficient (Wildman–Crippen LogP) is 13.0. The molecule has 0 N–H and O–H groups in total. The van der Waals surface area contributed by atoms with E-state index in [0.717, 1.165) is 47.8 Å². The fourth-order valence-electron chi connectivity index (χ4n) is 7.64. The average molecular weight is 746 g/mol. The summed E-state index contributed by atoms with van der Waals surface area (Å²) in [6.07, 6.45) is 0. The summed E-state index contributed by atoms with van der Waals surface area (Å²) in [7, 11) is 0. The molecule has 0 saturated heterocycles. The molecule has 0 atom stereocenters. The Hall–Kier alpha value is -7.83. The van der Waals surface area contributed by atoms with Gasteiger partial charge in [-0.05, 0) is 70.7 Å². The highest BCUT2D eigenvalue weighted by Crippen LogP contribution is 2.39. The first-order chi connectivity index (χ1) is 34.9. The molecule has 6 nitrogen and oxygen atoms in total. The SMILES string of the molecule is [2H]c1c([2H])c([2H])c2c(c1[2H])c1c([2H])c([2H])c([2H])c([2H])c1n2-c1nc(-c2cccc(-c3cccc(-c4cccc5oc6ccccc6c45)c3)c2)nc(-n2c3c([2H])c([2H])c([2H])c([2H])c3c3c([2H])c([2H])c([2H])c([2H])c32)n1. The van der Waals surface area contributed by atoms with Crippen LogP contribution in [0.1, 0.15) is 21.9 Å². The van der Waals surface area contributed by atoms with E-state index in [1.54, 1.807) is 18.2 Å². The van der Waals surface area contributed by atoms with Crippen molar-refractivity contribution >= 4 is 65.6 Å². The first kappa shape index (κ1) is 19.7. The van der Waals surface area contributed by atoms with Crippen molar-refractivity contribution in [3.05, 3.63) is 188 Å². The van der Waals surface area contributed by atoms with Gasteiger partial charge >= 0.3 is 0 Å². The summed E-state index contributed by atoms with van der Waals surface area (Å²) in [6.45, 7) is 0. The van der Waals surface area contributed by atoms with Gasteiger partial charge in [-0.3, -0.25) is 9.13 Å². The van der Waals surface area contributed by atoms with Crippen LogP contribution in [0.4, 0.5) is 0 Å². The van der Waals surface area contributed by atoms with Gasteiger partial charge < -0.3 is 4.42 Å². The molecule has 0 fully saturated rings. The van der Waals surface area contributed by atoms with E-state index in [9.17, 15) is 5.48 Å². The van der Waals surface area contributed by atoms with Gasteiger partial charge in [0.25, 0.3) is 0 Å². The van der Waals surface area contributed by atoms with Crippen molar-refractivity contribution in [2.75, 3.05) is 0 Å². The second-order valence-corrected chi connectivity index (χ2v) is 13.3. The molecule has 0 saturated carbocycles. The van der Waals surface area contributed by atoms with Crippen molar-refractivity contribution in [1.29, 1.82) is 0 Å². The van der Waals surface area contributed by atoms with Crippen molar-refractivity contribution in [3.63, 3.8) is 0 Å². The van der Waals surface area contributed by atoms with E-state index in [-0.39, 0.29) is 49.4 Å². The minimum absolute atomic E-state index is 0.152. The van der Waals surface area contributed by atoms with Crippen LogP contribution in [0.25, 0.3) is 111 Å². The van der Waals surface area contributed by atoms with Gasteiger partial charge in [-0.2, -0.15) is 15.0 Å². The minimum Gasteiger partial charge on any atom is -0.456 e. The molecule has 0 bridgehead atoms. The van der Waals surface area contributed by atoms with Crippen LogP contribution < -0.4 is 0 Å². The monoisotopic (exact) mass is 745 g/mol. The molecule has 8 aromatic carbocycles. The lowest BCUT2D eigenvalue weighted by Gasteiger charge is -2.13. The summed E-state index contributed by atoms with van der Waals surface area (Å²) in [5.41, 5.74) is 3.72. The number of rotatable bonds is 5. The molecule has 6 heteroatoms. The van der Waals surface area contributed by atoms with Crippen LogP contribution in [0.3, 0.4) is 0 Å². The molecule has 266 valence electrons. The highest BCUT2D eigenvalue weighted by atomic mass is 16.3.